The van der Waals surface area contributed by atoms with Gasteiger partial charge in [-0.25, -0.2) is 4.79 Å². The average Bonchev–Trinajstić information content (AvgIpc) is 2.20. The van der Waals surface area contributed by atoms with E-state index < -0.39 is 5.97 Å². The molecule has 0 radical (unpaired) electrons. The molecule has 0 aliphatic carbocycles. The van der Waals surface area contributed by atoms with Gasteiger partial charge in [-0.15, -0.1) is 0 Å². The number of ether oxygens (including phenoxy) is 2. The van der Waals surface area contributed by atoms with E-state index in [0.29, 0.717) is 16.8 Å². The van der Waals surface area contributed by atoms with Crippen LogP contribution in [-0.2, 0) is 4.74 Å². The van der Waals surface area contributed by atoms with Crippen LogP contribution >= 0.6 is 15.9 Å². The zero-order valence-corrected chi connectivity index (χ0v) is 9.78. The molecular formula is C10H11BrO4. The lowest BCUT2D eigenvalue weighted by Gasteiger charge is -2.07. The van der Waals surface area contributed by atoms with Crippen LogP contribution in [0.2, 0.25) is 0 Å². The van der Waals surface area contributed by atoms with Gasteiger partial charge in [0.05, 0.1) is 5.56 Å². The van der Waals surface area contributed by atoms with Gasteiger partial charge in [0.2, 0.25) is 0 Å². The molecule has 1 aromatic carbocycles. The van der Waals surface area contributed by atoms with Crippen molar-refractivity contribution in [3.05, 3.63) is 28.2 Å². The van der Waals surface area contributed by atoms with Crippen LogP contribution in [0.15, 0.2) is 22.7 Å². The third-order valence-corrected chi connectivity index (χ3v) is 2.37. The molecule has 15 heavy (non-hydrogen) atoms. The predicted octanol–water partition coefficient (Wildman–Crippen LogP) is 2.52. The maximum absolute atomic E-state index is 10.8. The highest BCUT2D eigenvalue weighted by Gasteiger charge is 2.09. The van der Waals surface area contributed by atoms with Gasteiger partial charge in [0, 0.05) is 11.1 Å². The Morgan fingerprint density at radius 1 is 1.53 bits per heavy atom. The molecule has 1 N–H and O–H groups in total. The number of rotatable bonds is 5. The number of benzene rings is 1. The summed E-state index contributed by atoms with van der Waals surface area (Å²) in [5, 5.41) is 8.84. The number of carboxylic acid groups (broad SMARTS) is 1. The fraction of sp³-hybridized carbons (Fsp3) is 0.300. The third kappa shape index (κ3) is 3.53. The fourth-order valence-electron chi connectivity index (χ4n) is 0.951. The Morgan fingerprint density at radius 2 is 2.27 bits per heavy atom. The summed E-state index contributed by atoms with van der Waals surface area (Å²) in [5.41, 5.74) is 0.170. The van der Waals surface area contributed by atoms with Crippen LogP contribution in [0.1, 0.15) is 17.3 Å². The van der Waals surface area contributed by atoms with E-state index in [-0.39, 0.29) is 12.4 Å². The van der Waals surface area contributed by atoms with E-state index in [0.717, 1.165) is 0 Å². The molecule has 5 heteroatoms. The van der Waals surface area contributed by atoms with E-state index in [1.165, 1.54) is 6.07 Å². The Hall–Kier alpha value is -1.07. The van der Waals surface area contributed by atoms with Crippen molar-refractivity contribution >= 4 is 21.9 Å². The standard InChI is InChI=1S/C10H11BrO4/c1-2-14-6-15-7-3-4-9(11)8(5-7)10(12)13/h3-5H,2,6H2,1H3,(H,12,13). The van der Waals surface area contributed by atoms with Crippen LogP contribution < -0.4 is 4.74 Å². The molecule has 0 aromatic heterocycles. The van der Waals surface area contributed by atoms with Crippen LogP contribution in [0.25, 0.3) is 0 Å². The molecule has 0 saturated carbocycles. The summed E-state index contributed by atoms with van der Waals surface area (Å²) in [4.78, 5) is 10.8. The first-order chi connectivity index (χ1) is 7.15. The molecule has 0 spiro atoms. The minimum absolute atomic E-state index is 0.122. The zero-order chi connectivity index (χ0) is 11.3. The van der Waals surface area contributed by atoms with Crippen LogP contribution in [0.5, 0.6) is 5.75 Å². The molecule has 0 aliphatic rings. The topological polar surface area (TPSA) is 55.8 Å². The summed E-state index contributed by atoms with van der Waals surface area (Å²) in [6.45, 7) is 2.53. The molecule has 0 atom stereocenters. The zero-order valence-electron chi connectivity index (χ0n) is 8.20. The first kappa shape index (κ1) is 12.0. The maximum Gasteiger partial charge on any atom is 0.336 e. The smallest absolute Gasteiger partial charge is 0.336 e. The lowest BCUT2D eigenvalue weighted by Crippen LogP contribution is -2.04. The van der Waals surface area contributed by atoms with Crippen molar-refractivity contribution in [2.75, 3.05) is 13.4 Å². The Kier molecular flexibility index (Phi) is 4.58. The van der Waals surface area contributed by atoms with Gasteiger partial charge in [-0.05, 0) is 41.1 Å². The van der Waals surface area contributed by atoms with Gasteiger partial charge in [-0.2, -0.15) is 0 Å². The molecule has 0 amide bonds. The molecule has 0 fully saturated rings. The van der Waals surface area contributed by atoms with E-state index >= 15 is 0 Å². The second-order valence-electron chi connectivity index (χ2n) is 2.70. The Balaban J connectivity index is 2.74. The van der Waals surface area contributed by atoms with Crippen molar-refractivity contribution in [3.63, 3.8) is 0 Å². The normalized spacial score (nSPS) is 10.0. The molecule has 0 bridgehead atoms. The molecule has 0 unspecified atom stereocenters. The van der Waals surface area contributed by atoms with Crippen LogP contribution in [0.4, 0.5) is 0 Å². The molecule has 0 heterocycles. The summed E-state index contributed by atoms with van der Waals surface area (Å²) >= 11 is 3.15. The Bertz CT molecular complexity index is 351. The second kappa shape index (κ2) is 5.72. The lowest BCUT2D eigenvalue weighted by atomic mass is 10.2. The summed E-state index contributed by atoms with van der Waals surface area (Å²) in [6, 6.07) is 4.76. The number of carboxylic acids is 1. The Labute approximate surface area is 95.9 Å². The molecule has 0 saturated heterocycles. The van der Waals surface area contributed by atoms with Gasteiger partial charge in [0.25, 0.3) is 0 Å². The first-order valence-electron chi connectivity index (χ1n) is 4.38. The van der Waals surface area contributed by atoms with Crippen LogP contribution in [0, 0.1) is 0 Å². The number of hydrogen-bond donors (Lipinski definition) is 1. The van der Waals surface area contributed by atoms with E-state index in [1.807, 2.05) is 6.92 Å². The van der Waals surface area contributed by atoms with Crippen molar-refractivity contribution in [2.45, 2.75) is 6.92 Å². The van der Waals surface area contributed by atoms with E-state index in [9.17, 15) is 4.79 Å². The van der Waals surface area contributed by atoms with Crippen molar-refractivity contribution in [2.24, 2.45) is 0 Å². The summed E-state index contributed by atoms with van der Waals surface area (Å²) in [6.07, 6.45) is 0. The molecule has 1 aromatic rings. The summed E-state index contributed by atoms with van der Waals surface area (Å²) < 4.78 is 10.7. The van der Waals surface area contributed by atoms with Gasteiger partial charge in [0.1, 0.15) is 5.75 Å². The van der Waals surface area contributed by atoms with Crippen LogP contribution in [0.3, 0.4) is 0 Å². The number of halogens is 1. The predicted molar refractivity (Wildman–Crippen MR) is 58.2 cm³/mol. The molecule has 82 valence electrons. The lowest BCUT2D eigenvalue weighted by molar-refractivity contribution is 0.0222. The van der Waals surface area contributed by atoms with Gasteiger partial charge < -0.3 is 14.6 Å². The van der Waals surface area contributed by atoms with Crippen molar-refractivity contribution in [1.29, 1.82) is 0 Å². The first-order valence-corrected chi connectivity index (χ1v) is 5.18. The van der Waals surface area contributed by atoms with Crippen LogP contribution in [-0.4, -0.2) is 24.5 Å². The summed E-state index contributed by atoms with van der Waals surface area (Å²) in [5.74, 6) is -0.521. The maximum atomic E-state index is 10.8. The molecule has 4 nitrogen and oxygen atoms in total. The second-order valence-corrected chi connectivity index (χ2v) is 3.56. The van der Waals surface area contributed by atoms with E-state index in [1.54, 1.807) is 12.1 Å². The Morgan fingerprint density at radius 3 is 2.87 bits per heavy atom. The van der Waals surface area contributed by atoms with Crippen molar-refractivity contribution in [3.8, 4) is 5.75 Å². The highest BCUT2D eigenvalue weighted by molar-refractivity contribution is 9.10. The number of carbonyl (C=O) groups is 1. The van der Waals surface area contributed by atoms with E-state index in [2.05, 4.69) is 15.9 Å². The molecule has 1 rings (SSSR count). The number of hydrogen-bond acceptors (Lipinski definition) is 3. The van der Waals surface area contributed by atoms with Gasteiger partial charge >= 0.3 is 5.97 Å². The summed E-state index contributed by atoms with van der Waals surface area (Å²) in [7, 11) is 0. The molecular weight excluding hydrogens is 264 g/mol. The minimum atomic E-state index is -0.997. The largest absolute Gasteiger partial charge is 0.478 e. The quantitative estimate of drug-likeness (QED) is 0.662. The van der Waals surface area contributed by atoms with Gasteiger partial charge in [-0.1, -0.05) is 0 Å². The van der Waals surface area contributed by atoms with Gasteiger partial charge in [-0.3, -0.25) is 0 Å². The highest BCUT2D eigenvalue weighted by atomic mass is 79.9. The van der Waals surface area contributed by atoms with Gasteiger partial charge in [0.15, 0.2) is 6.79 Å². The third-order valence-electron chi connectivity index (χ3n) is 1.68. The van der Waals surface area contributed by atoms with Crippen molar-refractivity contribution < 1.29 is 19.4 Å². The minimum Gasteiger partial charge on any atom is -0.478 e. The fourth-order valence-corrected chi connectivity index (χ4v) is 1.37. The monoisotopic (exact) mass is 274 g/mol. The van der Waals surface area contributed by atoms with Crippen molar-refractivity contribution in [1.82, 2.24) is 0 Å². The van der Waals surface area contributed by atoms with E-state index in [4.69, 9.17) is 14.6 Å². The average molecular weight is 275 g/mol. The number of aromatic carboxylic acids is 1. The highest BCUT2D eigenvalue weighted by Crippen LogP contribution is 2.22. The molecule has 0 aliphatic heterocycles. The SMILES string of the molecule is CCOCOc1ccc(Br)c(C(=O)O)c1.